The molecule has 1 aromatic heterocycles. The molecule has 0 aliphatic carbocycles. The van der Waals surface area contributed by atoms with Crippen LogP contribution < -0.4 is 14.9 Å². The molecular formula is C20H24ClN3O2S2. The van der Waals surface area contributed by atoms with Crippen molar-refractivity contribution in [2.24, 2.45) is 4.99 Å². The highest BCUT2D eigenvalue weighted by Gasteiger charge is 2.23. The lowest BCUT2D eigenvalue weighted by molar-refractivity contribution is 0.0994. The summed E-state index contributed by atoms with van der Waals surface area (Å²) in [6.45, 7) is 7.17. The Kier molecular flexibility index (Phi) is 6.27. The zero-order chi connectivity index (χ0) is 20.5. The Balaban J connectivity index is 2.01. The lowest BCUT2D eigenvalue weighted by Crippen LogP contribution is -2.32. The number of hydrogen-bond acceptors (Lipinski definition) is 4. The lowest BCUT2D eigenvalue weighted by Gasteiger charge is -2.15. The van der Waals surface area contributed by atoms with Gasteiger partial charge >= 0.3 is 0 Å². The molecule has 0 unspecified atom stereocenters. The number of aromatic nitrogens is 1. The van der Waals surface area contributed by atoms with Crippen molar-refractivity contribution in [3.63, 3.8) is 0 Å². The molecule has 1 fully saturated rings. The summed E-state index contributed by atoms with van der Waals surface area (Å²) >= 11 is 12.9. The van der Waals surface area contributed by atoms with Crippen molar-refractivity contribution in [1.82, 2.24) is 9.88 Å². The van der Waals surface area contributed by atoms with Crippen LogP contribution in [-0.4, -0.2) is 28.6 Å². The number of thiazole rings is 1. The van der Waals surface area contributed by atoms with Crippen LogP contribution >= 0.6 is 35.2 Å². The summed E-state index contributed by atoms with van der Waals surface area (Å²) in [5.74, 6) is 0.0884. The summed E-state index contributed by atoms with van der Waals surface area (Å²) in [6, 6.07) is 5.21. The number of amides is 1. The second kappa shape index (κ2) is 8.35. The largest absolute Gasteiger partial charge is 0.496 e. The Labute approximate surface area is 179 Å². The van der Waals surface area contributed by atoms with Gasteiger partial charge in [0, 0.05) is 28.7 Å². The fraction of sp³-hybridized carbons (Fsp3) is 0.450. The average molecular weight is 438 g/mol. The molecule has 8 heteroatoms. The molecule has 1 aliphatic rings. The third-order valence-electron chi connectivity index (χ3n) is 4.55. The first-order chi connectivity index (χ1) is 13.2. The van der Waals surface area contributed by atoms with Crippen molar-refractivity contribution in [1.29, 1.82) is 0 Å². The van der Waals surface area contributed by atoms with Gasteiger partial charge in [-0.25, -0.2) is 0 Å². The first kappa shape index (κ1) is 21.0. The molecule has 150 valence electrons. The van der Waals surface area contributed by atoms with Crippen LogP contribution in [0.4, 0.5) is 0 Å². The Morgan fingerprint density at radius 3 is 2.82 bits per heavy atom. The molecule has 0 spiro atoms. The van der Waals surface area contributed by atoms with Crippen LogP contribution in [0.3, 0.4) is 0 Å². The average Bonchev–Trinajstić information content (AvgIpc) is 3.21. The van der Waals surface area contributed by atoms with Gasteiger partial charge in [-0.15, -0.1) is 11.3 Å². The Morgan fingerprint density at radius 2 is 2.21 bits per heavy atom. The number of benzene rings is 1. The third kappa shape index (κ3) is 4.82. The topological polar surface area (TPSA) is 55.6 Å². The highest BCUT2D eigenvalue weighted by atomic mass is 35.5. The molecule has 1 aromatic carbocycles. The molecule has 1 N–H and O–H groups in total. The van der Waals surface area contributed by atoms with E-state index in [9.17, 15) is 4.79 Å². The summed E-state index contributed by atoms with van der Waals surface area (Å²) in [7, 11) is 1.53. The van der Waals surface area contributed by atoms with Gasteiger partial charge in [0.05, 0.1) is 17.7 Å². The molecule has 2 heterocycles. The van der Waals surface area contributed by atoms with Gasteiger partial charge in [0.1, 0.15) is 5.75 Å². The second-order valence-electron chi connectivity index (χ2n) is 7.85. The van der Waals surface area contributed by atoms with Crippen LogP contribution in [0.1, 0.15) is 48.8 Å². The summed E-state index contributed by atoms with van der Waals surface area (Å²) in [5.41, 5.74) is 0.322. The molecule has 0 radical (unpaired) electrons. The van der Waals surface area contributed by atoms with Gasteiger partial charge in [0.15, 0.2) is 4.80 Å². The summed E-state index contributed by atoms with van der Waals surface area (Å²) in [4.78, 5) is 20.0. The number of halogens is 1. The van der Waals surface area contributed by atoms with E-state index in [-0.39, 0.29) is 17.4 Å². The SMILES string of the molecule is COc1ccc(Cl)cc1C(=O)N=c1sc(C(C)(C)C)cn1C[C@H]1CCC(=S)N1. The third-order valence-corrected chi connectivity index (χ3v) is 6.55. The van der Waals surface area contributed by atoms with Crippen LogP contribution in [0.25, 0.3) is 0 Å². The number of hydrogen-bond donors (Lipinski definition) is 1. The summed E-state index contributed by atoms with van der Waals surface area (Å²) in [5, 5.41) is 3.81. The van der Waals surface area contributed by atoms with Crippen molar-refractivity contribution in [2.75, 3.05) is 7.11 Å². The van der Waals surface area contributed by atoms with Gasteiger partial charge in [-0.2, -0.15) is 4.99 Å². The molecule has 1 amide bonds. The van der Waals surface area contributed by atoms with Gasteiger partial charge in [0.2, 0.25) is 0 Å². The molecular weight excluding hydrogens is 414 g/mol. The van der Waals surface area contributed by atoms with Crippen molar-refractivity contribution in [3.05, 3.63) is 44.7 Å². The van der Waals surface area contributed by atoms with E-state index in [1.807, 2.05) is 4.57 Å². The second-order valence-corrected chi connectivity index (χ2v) is 9.78. The first-order valence-electron chi connectivity index (χ1n) is 9.10. The fourth-order valence-corrected chi connectivity index (χ4v) is 4.50. The number of methoxy groups -OCH3 is 1. The maximum atomic E-state index is 12.9. The quantitative estimate of drug-likeness (QED) is 0.723. The van der Waals surface area contributed by atoms with Crippen molar-refractivity contribution < 1.29 is 9.53 Å². The fourth-order valence-electron chi connectivity index (χ4n) is 2.99. The highest BCUT2D eigenvalue weighted by Crippen LogP contribution is 2.26. The number of thiocarbonyl (C=S) groups is 1. The molecule has 1 atom stereocenters. The summed E-state index contributed by atoms with van der Waals surface area (Å²) in [6.07, 6.45) is 3.99. The molecule has 3 rings (SSSR count). The molecule has 0 saturated carbocycles. The van der Waals surface area contributed by atoms with E-state index in [2.05, 4.69) is 37.3 Å². The summed E-state index contributed by atoms with van der Waals surface area (Å²) < 4.78 is 7.35. The number of carbonyl (C=O) groups excluding carboxylic acids is 1. The maximum Gasteiger partial charge on any atom is 0.283 e. The number of carbonyl (C=O) groups is 1. The predicted molar refractivity (Wildman–Crippen MR) is 118 cm³/mol. The zero-order valence-electron chi connectivity index (χ0n) is 16.4. The van der Waals surface area contributed by atoms with Crippen molar-refractivity contribution in [2.45, 2.75) is 51.6 Å². The van der Waals surface area contributed by atoms with E-state index < -0.39 is 0 Å². The van der Waals surface area contributed by atoms with E-state index in [1.165, 1.54) is 18.4 Å². The maximum absolute atomic E-state index is 12.9. The van der Waals surface area contributed by atoms with E-state index in [4.69, 9.17) is 28.6 Å². The zero-order valence-corrected chi connectivity index (χ0v) is 18.8. The molecule has 1 aliphatic heterocycles. The number of nitrogens with zero attached hydrogens (tertiary/aromatic N) is 2. The number of rotatable bonds is 4. The molecule has 2 aromatic rings. The molecule has 28 heavy (non-hydrogen) atoms. The first-order valence-corrected chi connectivity index (χ1v) is 10.7. The van der Waals surface area contributed by atoms with Gasteiger partial charge < -0.3 is 14.6 Å². The minimum atomic E-state index is -0.370. The molecule has 1 saturated heterocycles. The Bertz CT molecular complexity index is 973. The van der Waals surface area contributed by atoms with Gasteiger partial charge in [-0.1, -0.05) is 44.6 Å². The van der Waals surface area contributed by atoms with E-state index in [0.29, 0.717) is 27.7 Å². The van der Waals surface area contributed by atoms with Gasteiger partial charge in [0.25, 0.3) is 5.91 Å². The molecule has 0 bridgehead atoms. The van der Waals surface area contributed by atoms with Gasteiger partial charge in [-0.05, 0) is 36.5 Å². The monoisotopic (exact) mass is 437 g/mol. The molecule has 5 nitrogen and oxygen atoms in total. The lowest BCUT2D eigenvalue weighted by atomic mass is 9.95. The van der Waals surface area contributed by atoms with Crippen LogP contribution in [0.5, 0.6) is 5.75 Å². The van der Waals surface area contributed by atoms with Crippen LogP contribution in [0, 0.1) is 0 Å². The van der Waals surface area contributed by atoms with E-state index >= 15 is 0 Å². The Hall–Kier alpha value is -1.70. The van der Waals surface area contributed by atoms with Crippen molar-refractivity contribution in [3.8, 4) is 5.75 Å². The minimum absolute atomic E-state index is 0.0324. The van der Waals surface area contributed by atoms with E-state index in [1.54, 1.807) is 18.2 Å². The van der Waals surface area contributed by atoms with Gasteiger partial charge in [-0.3, -0.25) is 4.79 Å². The number of ether oxygens (including phenoxy) is 1. The highest BCUT2D eigenvalue weighted by molar-refractivity contribution is 7.80. The minimum Gasteiger partial charge on any atom is -0.496 e. The van der Waals surface area contributed by atoms with Crippen molar-refractivity contribution >= 4 is 46.1 Å². The normalized spacial score (nSPS) is 17.7. The standard InChI is InChI=1S/C20H24ClN3O2S2/c1-20(2,3)16-11-24(10-13-6-8-17(27)22-13)19(28-16)23-18(25)14-9-12(21)5-7-15(14)26-4/h5,7,9,11,13H,6,8,10H2,1-4H3,(H,22,27)/t13-/m1/s1. The van der Waals surface area contributed by atoms with Crippen LogP contribution in [0.15, 0.2) is 29.4 Å². The number of nitrogens with one attached hydrogen (secondary N) is 1. The Morgan fingerprint density at radius 1 is 1.46 bits per heavy atom. The van der Waals surface area contributed by atoms with Crippen LogP contribution in [-0.2, 0) is 12.0 Å². The smallest absolute Gasteiger partial charge is 0.283 e. The van der Waals surface area contributed by atoms with Crippen LogP contribution in [0.2, 0.25) is 5.02 Å². The van der Waals surface area contributed by atoms with E-state index in [0.717, 1.165) is 22.7 Å². The predicted octanol–water partition coefficient (Wildman–Crippen LogP) is 4.33.